The molecule has 150 valence electrons. The van der Waals surface area contributed by atoms with Crippen molar-refractivity contribution in [1.29, 1.82) is 0 Å². The number of ether oxygens (including phenoxy) is 1. The van der Waals surface area contributed by atoms with Crippen LogP contribution in [0.1, 0.15) is 13.3 Å². The SMILES string of the molecule is CCCOc1cc2c(-c3ccc(F)c4[nH]ncc34)c(N)c(=O)[nH]c2c2cccnc12. The van der Waals surface area contributed by atoms with E-state index in [4.69, 9.17) is 10.5 Å². The van der Waals surface area contributed by atoms with Crippen LogP contribution in [0, 0.1) is 5.82 Å². The number of aromatic amines is 2. The molecule has 0 unspecified atom stereocenters. The lowest BCUT2D eigenvalue weighted by Gasteiger charge is -2.15. The molecule has 5 aromatic rings. The summed E-state index contributed by atoms with van der Waals surface area (Å²) in [6.45, 7) is 2.54. The summed E-state index contributed by atoms with van der Waals surface area (Å²) < 4.78 is 20.2. The lowest BCUT2D eigenvalue weighted by atomic mass is 9.95. The molecule has 7 nitrogen and oxygen atoms in total. The van der Waals surface area contributed by atoms with E-state index in [2.05, 4.69) is 20.2 Å². The van der Waals surface area contributed by atoms with Crippen LogP contribution >= 0.6 is 0 Å². The number of hydrogen-bond acceptors (Lipinski definition) is 5. The Kier molecular flexibility index (Phi) is 4.13. The zero-order valence-electron chi connectivity index (χ0n) is 16.1. The normalized spacial score (nSPS) is 11.5. The van der Waals surface area contributed by atoms with E-state index in [1.807, 2.05) is 19.1 Å². The summed E-state index contributed by atoms with van der Waals surface area (Å²) in [7, 11) is 0. The van der Waals surface area contributed by atoms with E-state index in [1.165, 1.54) is 12.3 Å². The first-order valence-electron chi connectivity index (χ1n) is 9.58. The van der Waals surface area contributed by atoms with Crippen LogP contribution < -0.4 is 16.0 Å². The Morgan fingerprint density at radius 1 is 1.17 bits per heavy atom. The van der Waals surface area contributed by atoms with E-state index in [-0.39, 0.29) is 11.2 Å². The van der Waals surface area contributed by atoms with Gasteiger partial charge in [0.05, 0.1) is 18.3 Å². The van der Waals surface area contributed by atoms with E-state index in [0.717, 1.165) is 11.8 Å². The van der Waals surface area contributed by atoms with Gasteiger partial charge in [-0.25, -0.2) is 4.39 Å². The third kappa shape index (κ3) is 2.61. The van der Waals surface area contributed by atoms with E-state index < -0.39 is 11.4 Å². The number of H-pyrrole nitrogens is 2. The zero-order chi connectivity index (χ0) is 20.8. The molecule has 0 aliphatic rings. The Balaban J connectivity index is 1.96. The maximum Gasteiger partial charge on any atom is 0.272 e. The molecule has 3 heterocycles. The van der Waals surface area contributed by atoms with Crippen molar-refractivity contribution in [1.82, 2.24) is 20.2 Å². The molecule has 3 aromatic heterocycles. The molecule has 0 atom stereocenters. The predicted octanol–water partition coefficient (Wildman–Crippen LogP) is 4.13. The number of anilines is 1. The molecule has 0 fully saturated rings. The number of benzene rings is 2. The van der Waals surface area contributed by atoms with Crippen molar-refractivity contribution in [2.75, 3.05) is 12.3 Å². The highest BCUT2D eigenvalue weighted by Crippen LogP contribution is 2.40. The number of rotatable bonds is 4. The number of fused-ring (bicyclic) bond motifs is 4. The average molecular weight is 403 g/mol. The van der Waals surface area contributed by atoms with Crippen LogP contribution in [-0.4, -0.2) is 26.8 Å². The minimum absolute atomic E-state index is 0.0429. The first kappa shape index (κ1) is 18.1. The fourth-order valence-electron chi connectivity index (χ4n) is 3.82. The number of halogens is 1. The number of nitrogens with one attached hydrogen (secondary N) is 2. The van der Waals surface area contributed by atoms with Crippen molar-refractivity contribution in [2.45, 2.75) is 13.3 Å². The van der Waals surface area contributed by atoms with Crippen molar-refractivity contribution in [3.63, 3.8) is 0 Å². The smallest absolute Gasteiger partial charge is 0.272 e. The number of nitrogens with zero attached hydrogens (tertiary/aromatic N) is 2. The molecular formula is C22H18FN5O2. The van der Waals surface area contributed by atoms with Gasteiger partial charge in [-0.1, -0.05) is 13.0 Å². The molecule has 4 N–H and O–H groups in total. The largest absolute Gasteiger partial charge is 0.491 e. The average Bonchev–Trinajstić information content (AvgIpc) is 3.25. The van der Waals surface area contributed by atoms with E-state index in [1.54, 1.807) is 18.3 Å². The Bertz CT molecular complexity index is 1490. The number of aromatic nitrogens is 4. The van der Waals surface area contributed by atoms with Crippen molar-refractivity contribution >= 4 is 38.4 Å². The highest BCUT2D eigenvalue weighted by molar-refractivity contribution is 6.15. The first-order chi connectivity index (χ1) is 14.6. The third-order valence-electron chi connectivity index (χ3n) is 5.17. The number of nitrogens with two attached hydrogens (primary N) is 1. The number of hydrogen-bond donors (Lipinski definition) is 3. The van der Waals surface area contributed by atoms with Crippen LogP contribution in [0.2, 0.25) is 0 Å². The van der Waals surface area contributed by atoms with Gasteiger partial charge in [-0.3, -0.25) is 14.9 Å². The lowest BCUT2D eigenvalue weighted by molar-refractivity contribution is 0.321. The monoisotopic (exact) mass is 403 g/mol. The van der Waals surface area contributed by atoms with Crippen molar-refractivity contribution in [2.24, 2.45) is 0 Å². The van der Waals surface area contributed by atoms with Gasteiger partial charge in [0.25, 0.3) is 5.56 Å². The Morgan fingerprint density at radius 2 is 2.03 bits per heavy atom. The summed E-state index contributed by atoms with van der Waals surface area (Å²) in [4.78, 5) is 20.1. The van der Waals surface area contributed by atoms with Crippen molar-refractivity contribution in [3.8, 4) is 16.9 Å². The highest BCUT2D eigenvalue weighted by atomic mass is 19.1. The molecular weight excluding hydrogens is 385 g/mol. The standard InChI is InChI=1S/C22H18FN5O2/c1-2-8-30-16-9-13-17(11-5-6-15(23)20-14(11)10-26-28-20)18(24)22(29)27-19(13)12-4-3-7-25-21(12)16/h3-7,9-10H,2,8,24H2,1H3,(H,26,28)(H,27,29). The third-order valence-corrected chi connectivity index (χ3v) is 5.17. The Hall–Kier alpha value is -3.94. The Morgan fingerprint density at radius 3 is 2.87 bits per heavy atom. The van der Waals surface area contributed by atoms with Crippen LogP contribution in [0.3, 0.4) is 0 Å². The van der Waals surface area contributed by atoms with Crippen LogP contribution in [0.4, 0.5) is 10.1 Å². The van der Waals surface area contributed by atoms with Gasteiger partial charge in [-0.05, 0) is 36.2 Å². The van der Waals surface area contributed by atoms with E-state index >= 15 is 0 Å². The quantitative estimate of drug-likeness (QED) is 0.391. The molecule has 0 spiro atoms. The maximum absolute atomic E-state index is 14.2. The van der Waals surface area contributed by atoms with Gasteiger partial charge in [0.2, 0.25) is 0 Å². The summed E-state index contributed by atoms with van der Waals surface area (Å²) in [5.74, 6) is 0.166. The molecule has 0 bridgehead atoms. The molecule has 5 rings (SSSR count). The zero-order valence-corrected chi connectivity index (χ0v) is 16.1. The van der Waals surface area contributed by atoms with Crippen LogP contribution in [0.15, 0.2) is 47.5 Å². The highest BCUT2D eigenvalue weighted by Gasteiger charge is 2.20. The fourth-order valence-corrected chi connectivity index (χ4v) is 3.82. The molecule has 0 saturated carbocycles. The molecule has 30 heavy (non-hydrogen) atoms. The van der Waals surface area contributed by atoms with Crippen LogP contribution in [0.5, 0.6) is 5.75 Å². The van der Waals surface area contributed by atoms with Crippen molar-refractivity contribution < 1.29 is 9.13 Å². The van der Waals surface area contributed by atoms with Gasteiger partial charge < -0.3 is 15.5 Å². The summed E-state index contributed by atoms with van der Waals surface area (Å²) in [6.07, 6.45) is 4.04. The topological polar surface area (TPSA) is 110 Å². The molecule has 8 heteroatoms. The molecule has 0 aliphatic carbocycles. The number of nitrogen functional groups attached to an aromatic ring is 1. The van der Waals surface area contributed by atoms with Gasteiger partial charge >= 0.3 is 0 Å². The van der Waals surface area contributed by atoms with Crippen LogP contribution in [-0.2, 0) is 0 Å². The van der Waals surface area contributed by atoms with Crippen LogP contribution in [0.25, 0.3) is 43.8 Å². The lowest BCUT2D eigenvalue weighted by Crippen LogP contribution is -2.14. The maximum atomic E-state index is 14.2. The van der Waals surface area contributed by atoms with E-state index in [9.17, 15) is 9.18 Å². The van der Waals surface area contributed by atoms with Gasteiger partial charge in [0, 0.05) is 27.9 Å². The van der Waals surface area contributed by atoms with Gasteiger partial charge in [-0.2, -0.15) is 5.10 Å². The summed E-state index contributed by atoms with van der Waals surface area (Å²) >= 11 is 0. The second-order valence-corrected chi connectivity index (χ2v) is 7.04. The second-order valence-electron chi connectivity index (χ2n) is 7.04. The minimum atomic E-state index is -0.430. The first-order valence-corrected chi connectivity index (χ1v) is 9.58. The summed E-state index contributed by atoms with van der Waals surface area (Å²) in [5, 5.41) is 8.59. The summed E-state index contributed by atoms with van der Waals surface area (Å²) in [5.41, 5.74) is 8.48. The second kappa shape index (κ2) is 6.84. The predicted molar refractivity (Wildman–Crippen MR) is 115 cm³/mol. The molecule has 0 amide bonds. The molecule has 0 aliphatic heterocycles. The fraction of sp³-hybridized carbons (Fsp3) is 0.136. The summed E-state index contributed by atoms with van der Waals surface area (Å²) in [6, 6.07) is 8.44. The van der Waals surface area contributed by atoms with Gasteiger partial charge in [-0.15, -0.1) is 0 Å². The van der Waals surface area contributed by atoms with Gasteiger partial charge in [0.1, 0.15) is 28.3 Å². The Labute approximate surface area is 169 Å². The molecule has 0 radical (unpaired) electrons. The minimum Gasteiger partial charge on any atom is -0.491 e. The molecule has 0 saturated heterocycles. The number of pyridine rings is 2. The van der Waals surface area contributed by atoms with E-state index in [0.29, 0.717) is 45.3 Å². The van der Waals surface area contributed by atoms with Gasteiger partial charge in [0.15, 0.2) is 0 Å². The molecule has 2 aromatic carbocycles. The van der Waals surface area contributed by atoms with Crippen molar-refractivity contribution in [3.05, 3.63) is 58.9 Å².